The van der Waals surface area contributed by atoms with E-state index in [4.69, 9.17) is 21.0 Å². The first kappa shape index (κ1) is 18.5. The number of hydrogen-bond donors (Lipinski definition) is 0. The zero-order chi connectivity index (χ0) is 19.0. The molecule has 0 bridgehead atoms. The lowest BCUT2D eigenvalue weighted by Gasteiger charge is -2.19. The molecule has 0 aliphatic heterocycles. The molecule has 0 aliphatic rings. The summed E-state index contributed by atoms with van der Waals surface area (Å²) in [6.07, 6.45) is 1.60. The Bertz CT molecular complexity index is 1120. The zero-order valence-corrected chi connectivity index (χ0v) is 18.0. The number of amides is 1. The van der Waals surface area contributed by atoms with Gasteiger partial charge in [-0.05, 0) is 71.5 Å². The number of rotatable bonds is 4. The number of hydrogen-bond acceptors (Lipinski definition) is 4. The minimum atomic E-state index is -0.112. The largest absolute Gasteiger partial charge is 0.467 e. The summed E-state index contributed by atoms with van der Waals surface area (Å²) in [5.74, 6) is 0.586. The van der Waals surface area contributed by atoms with Gasteiger partial charge in [0.1, 0.15) is 5.76 Å². The van der Waals surface area contributed by atoms with E-state index in [9.17, 15) is 4.79 Å². The molecule has 0 aliphatic carbocycles. The Morgan fingerprint density at radius 3 is 2.78 bits per heavy atom. The SMILES string of the molecule is Cc1c(Cl)ccc2sc(N(Cc3ccco3)C(=O)c3ccccc3I)nc12. The smallest absolute Gasteiger partial charge is 0.261 e. The number of carbonyl (C=O) groups excluding carboxylic acids is 1. The third-order valence-corrected chi connectivity index (χ3v) is 6.60. The predicted molar refractivity (Wildman–Crippen MR) is 118 cm³/mol. The van der Waals surface area contributed by atoms with Gasteiger partial charge < -0.3 is 4.42 Å². The van der Waals surface area contributed by atoms with E-state index in [1.54, 1.807) is 11.2 Å². The van der Waals surface area contributed by atoms with Crippen molar-refractivity contribution in [3.8, 4) is 0 Å². The highest BCUT2D eigenvalue weighted by molar-refractivity contribution is 14.1. The third kappa shape index (κ3) is 3.61. The van der Waals surface area contributed by atoms with Gasteiger partial charge in [-0.3, -0.25) is 9.69 Å². The van der Waals surface area contributed by atoms with Crippen LogP contribution in [-0.4, -0.2) is 10.9 Å². The summed E-state index contributed by atoms with van der Waals surface area (Å²) in [5, 5.41) is 1.29. The van der Waals surface area contributed by atoms with Crippen LogP contribution in [0.1, 0.15) is 21.7 Å². The number of fused-ring (bicyclic) bond motifs is 1. The average Bonchev–Trinajstić information content (AvgIpc) is 3.32. The molecule has 7 heteroatoms. The summed E-state index contributed by atoms with van der Waals surface area (Å²) >= 11 is 9.89. The summed E-state index contributed by atoms with van der Waals surface area (Å²) in [7, 11) is 0. The molecule has 2 heterocycles. The number of halogens is 2. The van der Waals surface area contributed by atoms with E-state index >= 15 is 0 Å². The standard InChI is InChI=1S/C20H14ClIN2O2S/c1-12-15(21)8-9-17-18(12)23-20(27-17)24(11-13-5-4-10-26-13)19(25)14-6-2-3-7-16(14)22/h2-10H,11H2,1H3. The molecule has 4 nitrogen and oxygen atoms in total. The second-order valence-corrected chi connectivity index (χ2v) is 8.54. The topological polar surface area (TPSA) is 46.3 Å². The number of nitrogens with zero attached hydrogens (tertiary/aromatic N) is 2. The van der Waals surface area contributed by atoms with Crippen molar-refractivity contribution in [3.63, 3.8) is 0 Å². The maximum Gasteiger partial charge on any atom is 0.261 e. The number of furan rings is 1. The molecule has 0 saturated heterocycles. The molecule has 4 rings (SSSR count). The van der Waals surface area contributed by atoms with Gasteiger partial charge in [0, 0.05) is 8.59 Å². The van der Waals surface area contributed by atoms with Crippen LogP contribution < -0.4 is 4.90 Å². The first-order valence-corrected chi connectivity index (χ1v) is 10.5. The van der Waals surface area contributed by atoms with Crippen molar-refractivity contribution in [1.29, 1.82) is 0 Å². The van der Waals surface area contributed by atoms with Gasteiger partial charge in [0.25, 0.3) is 5.91 Å². The van der Waals surface area contributed by atoms with E-state index in [0.717, 1.165) is 19.4 Å². The monoisotopic (exact) mass is 508 g/mol. The number of aryl methyl sites for hydroxylation is 1. The predicted octanol–water partition coefficient (Wildman–Crippen LogP) is 6.30. The molecule has 1 amide bonds. The molecule has 0 radical (unpaired) electrons. The lowest BCUT2D eigenvalue weighted by atomic mass is 10.2. The number of anilines is 1. The molecule has 0 spiro atoms. The Kier molecular flexibility index (Phi) is 5.21. The summed E-state index contributed by atoms with van der Waals surface area (Å²) in [5.41, 5.74) is 2.37. The molecule has 0 saturated carbocycles. The van der Waals surface area contributed by atoms with Crippen LogP contribution >= 0.6 is 45.5 Å². The van der Waals surface area contributed by atoms with Crippen molar-refractivity contribution in [2.45, 2.75) is 13.5 Å². The van der Waals surface area contributed by atoms with Gasteiger partial charge in [-0.2, -0.15) is 0 Å². The third-order valence-electron chi connectivity index (χ3n) is 4.21. The molecule has 136 valence electrons. The summed E-state index contributed by atoms with van der Waals surface area (Å²) < 4.78 is 7.36. The minimum absolute atomic E-state index is 0.112. The summed E-state index contributed by atoms with van der Waals surface area (Å²) in [6, 6.07) is 15.0. The zero-order valence-electron chi connectivity index (χ0n) is 14.3. The second-order valence-electron chi connectivity index (χ2n) is 5.97. The van der Waals surface area contributed by atoms with Crippen LogP contribution in [0.2, 0.25) is 5.02 Å². The van der Waals surface area contributed by atoms with E-state index < -0.39 is 0 Å². The Labute approximate surface area is 178 Å². The minimum Gasteiger partial charge on any atom is -0.467 e. The van der Waals surface area contributed by atoms with E-state index in [-0.39, 0.29) is 5.91 Å². The van der Waals surface area contributed by atoms with E-state index in [0.29, 0.717) is 28.0 Å². The molecule has 0 atom stereocenters. The van der Waals surface area contributed by atoms with Crippen LogP contribution in [0.4, 0.5) is 5.13 Å². The first-order chi connectivity index (χ1) is 13.0. The number of benzene rings is 2. The molecule has 2 aromatic heterocycles. The van der Waals surface area contributed by atoms with Gasteiger partial charge in [-0.15, -0.1) is 0 Å². The van der Waals surface area contributed by atoms with E-state index in [1.807, 2.05) is 55.5 Å². The molecule has 0 N–H and O–H groups in total. The van der Waals surface area contributed by atoms with E-state index in [1.165, 1.54) is 11.3 Å². The molecule has 4 aromatic rings. The second kappa shape index (κ2) is 7.61. The lowest BCUT2D eigenvalue weighted by molar-refractivity contribution is 0.0982. The van der Waals surface area contributed by atoms with Crippen molar-refractivity contribution < 1.29 is 9.21 Å². The van der Waals surface area contributed by atoms with Crippen molar-refractivity contribution in [1.82, 2.24) is 4.98 Å². The highest BCUT2D eigenvalue weighted by Gasteiger charge is 2.24. The quantitative estimate of drug-likeness (QED) is 0.304. The van der Waals surface area contributed by atoms with Crippen LogP contribution in [0.5, 0.6) is 0 Å². The van der Waals surface area contributed by atoms with Gasteiger partial charge in [0.05, 0.1) is 28.6 Å². The van der Waals surface area contributed by atoms with Crippen molar-refractivity contribution >= 4 is 66.8 Å². The maximum absolute atomic E-state index is 13.3. The van der Waals surface area contributed by atoms with Gasteiger partial charge in [0.2, 0.25) is 0 Å². The van der Waals surface area contributed by atoms with Crippen molar-refractivity contribution in [2.75, 3.05) is 4.90 Å². The van der Waals surface area contributed by atoms with Gasteiger partial charge in [0.15, 0.2) is 5.13 Å². The number of carbonyl (C=O) groups is 1. The highest BCUT2D eigenvalue weighted by Crippen LogP contribution is 2.35. The normalized spacial score (nSPS) is 11.1. The Hall–Kier alpha value is -1.90. The molecular weight excluding hydrogens is 495 g/mol. The molecule has 0 fully saturated rings. The fourth-order valence-corrected chi connectivity index (χ4v) is 4.56. The van der Waals surface area contributed by atoms with Crippen LogP contribution in [0.25, 0.3) is 10.2 Å². The van der Waals surface area contributed by atoms with Crippen LogP contribution in [0, 0.1) is 10.5 Å². The van der Waals surface area contributed by atoms with Crippen LogP contribution in [0.3, 0.4) is 0 Å². The lowest BCUT2D eigenvalue weighted by Crippen LogP contribution is -2.30. The summed E-state index contributed by atoms with van der Waals surface area (Å²) in [4.78, 5) is 19.7. The van der Waals surface area contributed by atoms with Crippen molar-refractivity contribution in [3.05, 3.63) is 80.3 Å². The Morgan fingerprint density at radius 2 is 2.04 bits per heavy atom. The molecule has 0 unspecified atom stereocenters. The maximum atomic E-state index is 13.3. The van der Waals surface area contributed by atoms with Gasteiger partial charge in [-0.25, -0.2) is 4.98 Å². The van der Waals surface area contributed by atoms with Gasteiger partial charge >= 0.3 is 0 Å². The average molecular weight is 509 g/mol. The van der Waals surface area contributed by atoms with Crippen LogP contribution in [0.15, 0.2) is 59.2 Å². The Morgan fingerprint density at radius 1 is 1.22 bits per heavy atom. The fourth-order valence-electron chi connectivity index (χ4n) is 2.77. The van der Waals surface area contributed by atoms with E-state index in [2.05, 4.69) is 22.6 Å². The highest BCUT2D eigenvalue weighted by atomic mass is 127. The molecular formula is C20H14ClIN2O2S. The van der Waals surface area contributed by atoms with Gasteiger partial charge in [-0.1, -0.05) is 35.1 Å². The Balaban J connectivity index is 1.82. The number of thiazole rings is 1. The van der Waals surface area contributed by atoms with Crippen LogP contribution in [-0.2, 0) is 6.54 Å². The molecule has 2 aromatic carbocycles. The fraction of sp³-hybridized carbons (Fsp3) is 0.100. The first-order valence-electron chi connectivity index (χ1n) is 8.19. The summed E-state index contributed by atoms with van der Waals surface area (Å²) in [6.45, 7) is 2.25. The number of aromatic nitrogens is 1. The van der Waals surface area contributed by atoms with Crippen molar-refractivity contribution in [2.24, 2.45) is 0 Å². The molecule has 27 heavy (non-hydrogen) atoms.